The van der Waals surface area contributed by atoms with Crippen LogP contribution in [0.5, 0.6) is 0 Å². The van der Waals surface area contributed by atoms with Gasteiger partial charge in [-0.15, -0.1) is 0 Å². The first-order valence-corrected chi connectivity index (χ1v) is 9.75. The van der Waals surface area contributed by atoms with Crippen LogP contribution < -0.4 is 10.2 Å². The van der Waals surface area contributed by atoms with Gasteiger partial charge < -0.3 is 15.0 Å². The summed E-state index contributed by atoms with van der Waals surface area (Å²) in [4.78, 5) is 1.54. The van der Waals surface area contributed by atoms with Crippen LogP contribution in [-0.2, 0) is 11.2 Å². The Kier molecular flexibility index (Phi) is 7.73. The quantitative estimate of drug-likeness (QED) is 0.652. The number of nitrogens with one attached hydrogen (secondary N) is 1. The van der Waals surface area contributed by atoms with Gasteiger partial charge >= 0.3 is 0 Å². The second kappa shape index (κ2) is 9.55. The summed E-state index contributed by atoms with van der Waals surface area (Å²) in [6, 6.07) is 11.0. The van der Waals surface area contributed by atoms with E-state index in [2.05, 4.69) is 63.6 Å². The van der Waals surface area contributed by atoms with E-state index in [0.29, 0.717) is 0 Å². The molecule has 0 saturated carbocycles. The molecule has 2 rings (SSSR count). The molecule has 2 atom stereocenters. The topological polar surface area (TPSA) is 30.3 Å². The molecule has 1 heterocycles. The fraction of sp³-hybridized carbons (Fsp3) is 0.714. The molecule has 1 aromatic carbocycles. The van der Waals surface area contributed by atoms with Crippen molar-refractivity contribution in [3.05, 3.63) is 35.9 Å². The van der Waals surface area contributed by atoms with Crippen LogP contribution in [0.25, 0.3) is 0 Å². The zero-order chi connectivity index (χ0) is 17.4. The van der Waals surface area contributed by atoms with Crippen LogP contribution in [-0.4, -0.2) is 45.9 Å². The van der Waals surface area contributed by atoms with Crippen molar-refractivity contribution in [1.29, 1.82) is 0 Å². The molecule has 136 valence electrons. The Labute approximate surface area is 148 Å². The fourth-order valence-electron chi connectivity index (χ4n) is 3.97. The Balaban J connectivity index is 1.91. The van der Waals surface area contributed by atoms with Crippen LogP contribution in [0.3, 0.4) is 0 Å². The molecule has 1 fully saturated rings. The standard InChI is InChI=1S/C21H36N2O/c1-21(2)17-20(11-15-24-21)19(10-12-22-13-14-23(3)4)16-18-8-6-5-7-9-18/h5-9,19-20,22H,10-17H2,1-4H3/p+2/t19-,20+/m1/s1. The molecule has 0 amide bonds. The Morgan fingerprint density at radius 3 is 2.62 bits per heavy atom. The number of rotatable bonds is 9. The highest BCUT2D eigenvalue weighted by Gasteiger charge is 2.33. The van der Waals surface area contributed by atoms with Crippen LogP contribution in [0, 0.1) is 11.8 Å². The van der Waals surface area contributed by atoms with Crippen LogP contribution in [0.1, 0.15) is 38.7 Å². The Morgan fingerprint density at radius 2 is 1.96 bits per heavy atom. The van der Waals surface area contributed by atoms with E-state index in [1.165, 1.54) is 50.9 Å². The average Bonchev–Trinajstić information content (AvgIpc) is 2.53. The van der Waals surface area contributed by atoms with E-state index in [0.717, 1.165) is 18.4 Å². The van der Waals surface area contributed by atoms with Crippen molar-refractivity contribution in [2.75, 3.05) is 40.3 Å². The zero-order valence-corrected chi connectivity index (χ0v) is 16.2. The summed E-state index contributed by atoms with van der Waals surface area (Å²) in [5.74, 6) is 1.57. The monoisotopic (exact) mass is 334 g/mol. The number of likely N-dealkylation sites (N-methyl/N-ethyl adjacent to an activating group) is 1. The number of quaternary nitrogens is 2. The van der Waals surface area contributed by atoms with Crippen molar-refractivity contribution in [2.45, 2.75) is 45.1 Å². The fourth-order valence-corrected chi connectivity index (χ4v) is 3.97. The number of hydrogen-bond donors (Lipinski definition) is 2. The third kappa shape index (κ3) is 6.92. The lowest BCUT2D eigenvalue weighted by molar-refractivity contribution is -0.874. The first-order valence-electron chi connectivity index (χ1n) is 9.75. The Bertz CT molecular complexity index is 458. The number of ether oxygens (including phenoxy) is 1. The molecule has 3 heteroatoms. The molecule has 1 aliphatic rings. The van der Waals surface area contributed by atoms with Gasteiger partial charge in [0.05, 0.1) is 26.2 Å². The normalized spacial score (nSPS) is 21.8. The van der Waals surface area contributed by atoms with Gasteiger partial charge in [-0.3, -0.25) is 0 Å². The first-order chi connectivity index (χ1) is 11.5. The minimum absolute atomic E-state index is 0.0514. The summed E-state index contributed by atoms with van der Waals surface area (Å²) >= 11 is 0. The molecular formula is C21H38N2O+2. The highest BCUT2D eigenvalue weighted by molar-refractivity contribution is 5.15. The van der Waals surface area contributed by atoms with Gasteiger partial charge in [0.2, 0.25) is 0 Å². The Hall–Kier alpha value is -0.900. The van der Waals surface area contributed by atoms with Gasteiger partial charge in [-0.2, -0.15) is 0 Å². The lowest BCUT2D eigenvalue weighted by atomic mass is 9.76. The number of benzene rings is 1. The largest absolute Gasteiger partial charge is 0.376 e. The molecular weight excluding hydrogens is 296 g/mol. The lowest BCUT2D eigenvalue weighted by Crippen LogP contribution is -3.09. The lowest BCUT2D eigenvalue weighted by Gasteiger charge is -2.39. The van der Waals surface area contributed by atoms with Gasteiger partial charge in [-0.25, -0.2) is 0 Å². The third-order valence-electron chi connectivity index (χ3n) is 5.33. The molecule has 3 nitrogen and oxygen atoms in total. The molecule has 0 radical (unpaired) electrons. The summed E-state index contributed by atoms with van der Waals surface area (Å²) in [6.07, 6.45) is 4.96. The maximum atomic E-state index is 5.95. The van der Waals surface area contributed by atoms with Gasteiger partial charge in [0, 0.05) is 6.61 Å². The number of hydrogen-bond acceptors (Lipinski definition) is 1. The molecule has 24 heavy (non-hydrogen) atoms. The average molecular weight is 335 g/mol. The minimum atomic E-state index is 0.0514. The Morgan fingerprint density at radius 1 is 1.21 bits per heavy atom. The molecule has 3 N–H and O–H groups in total. The molecule has 1 aliphatic heterocycles. The molecule has 0 bridgehead atoms. The van der Waals surface area contributed by atoms with Gasteiger partial charge in [-0.05, 0) is 56.9 Å². The maximum Gasteiger partial charge on any atom is 0.126 e. The molecule has 0 aromatic heterocycles. The van der Waals surface area contributed by atoms with Crippen molar-refractivity contribution < 1.29 is 15.0 Å². The van der Waals surface area contributed by atoms with E-state index in [1.807, 2.05) is 0 Å². The van der Waals surface area contributed by atoms with E-state index in [-0.39, 0.29) is 5.60 Å². The van der Waals surface area contributed by atoms with Crippen LogP contribution >= 0.6 is 0 Å². The molecule has 0 spiro atoms. The van der Waals surface area contributed by atoms with Gasteiger partial charge in [0.15, 0.2) is 0 Å². The highest BCUT2D eigenvalue weighted by atomic mass is 16.5. The summed E-state index contributed by atoms with van der Waals surface area (Å²) < 4.78 is 5.95. The summed E-state index contributed by atoms with van der Waals surface area (Å²) in [5, 5.41) is 2.51. The predicted molar refractivity (Wildman–Crippen MR) is 100 cm³/mol. The predicted octanol–water partition coefficient (Wildman–Crippen LogP) is 1.15. The molecule has 1 aromatic rings. The van der Waals surface area contributed by atoms with E-state index in [4.69, 9.17) is 4.74 Å². The van der Waals surface area contributed by atoms with Crippen molar-refractivity contribution >= 4 is 0 Å². The summed E-state index contributed by atoms with van der Waals surface area (Å²) in [6.45, 7) is 9.17. The van der Waals surface area contributed by atoms with E-state index < -0.39 is 0 Å². The van der Waals surface area contributed by atoms with Crippen LogP contribution in [0.15, 0.2) is 30.3 Å². The smallest absolute Gasteiger partial charge is 0.126 e. The molecule has 1 saturated heterocycles. The van der Waals surface area contributed by atoms with Crippen molar-refractivity contribution in [2.24, 2.45) is 11.8 Å². The van der Waals surface area contributed by atoms with Crippen molar-refractivity contribution in [3.8, 4) is 0 Å². The third-order valence-corrected chi connectivity index (χ3v) is 5.33. The second-order valence-electron chi connectivity index (χ2n) is 8.42. The van der Waals surface area contributed by atoms with Gasteiger partial charge in [-0.1, -0.05) is 30.3 Å². The van der Waals surface area contributed by atoms with Crippen LogP contribution in [0.2, 0.25) is 0 Å². The molecule has 0 aliphatic carbocycles. The van der Waals surface area contributed by atoms with E-state index >= 15 is 0 Å². The summed E-state index contributed by atoms with van der Waals surface area (Å²) in [5.41, 5.74) is 1.54. The van der Waals surface area contributed by atoms with E-state index in [9.17, 15) is 0 Å². The van der Waals surface area contributed by atoms with Gasteiger partial charge in [0.25, 0.3) is 0 Å². The second-order valence-corrected chi connectivity index (χ2v) is 8.42. The van der Waals surface area contributed by atoms with Crippen LogP contribution in [0.4, 0.5) is 0 Å². The van der Waals surface area contributed by atoms with Crippen molar-refractivity contribution in [1.82, 2.24) is 0 Å². The highest BCUT2D eigenvalue weighted by Crippen LogP contribution is 2.36. The summed E-state index contributed by atoms with van der Waals surface area (Å²) in [7, 11) is 4.46. The minimum Gasteiger partial charge on any atom is -0.376 e. The SMILES string of the molecule is C[NH+](C)CC[NH2+]CC[C@H](Cc1ccccc1)[C@H]1CCOC(C)(C)C1. The van der Waals surface area contributed by atoms with Crippen molar-refractivity contribution in [3.63, 3.8) is 0 Å². The van der Waals surface area contributed by atoms with E-state index in [1.54, 1.807) is 4.90 Å². The number of nitrogens with two attached hydrogens (primary N) is 1. The first kappa shape index (κ1) is 19.4. The van der Waals surface area contributed by atoms with Gasteiger partial charge in [0.1, 0.15) is 13.1 Å². The molecule has 0 unspecified atom stereocenters. The maximum absolute atomic E-state index is 5.95. The zero-order valence-electron chi connectivity index (χ0n) is 16.2.